The Morgan fingerprint density at radius 2 is 2.00 bits per heavy atom. The number of phenolic OH excluding ortho intramolecular Hbond substituents is 1. The number of aliphatic hydroxyl groups is 1. The lowest BCUT2D eigenvalue weighted by Gasteiger charge is -2.27. The number of sulfonamides is 1. The number of hydrogen-bond donors (Lipinski definition) is 4. The maximum atomic E-state index is 11.6. The second-order valence-corrected chi connectivity index (χ2v) is 10.5. The number of phenols is 1. The first-order valence-electron chi connectivity index (χ1n) is 11.7. The molecular weight excluding hydrogens is 472 g/mol. The highest BCUT2D eigenvalue weighted by Gasteiger charge is 2.20. The van der Waals surface area contributed by atoms with Crippen LogP contribution >= 0.6 is 0 Å². The Labute approximate surface area is 206 Å². The molecule has 35 heavy (non-hydrogen) atoms. The average molecular weight is 507 g/mol. The highest BCUT2D eigenvalue weighted by atomic mass is 32.2. The van der Waals surface area contributed by atoms with E-state index in [4.69, 9.17) is 9.47 Å². The molecule has 0 saturated heterocycles. The minimum atomic E-state index is -3.55. The van der Waals surface area contributed by atoms with E-state index in [1.54, 1.807) is 6.92 Å². The zero-order valence-electron chi connectivity index (χ0n) is 20.1. The van der Waals surface area contributed by atoms with Gasteiger partial charge in [-0.2, -0.15) is 0 Å². The van der Waals surface area contributed by atoms with Gasteiger partial charge in [0.2, 0.25) is 10.0 Å². The SMILES string of the molecule is CCOC(=O)CCc1ccc2c(c1)C[C@@H](NC[C@H](O)COc1ccc(O)c(NS(C)(=O)=O)c1)CC2. The van der Waals surface area contributed by atoms with Crippen LogP contribution in [0.1, 0.15) is 36.5 Å². The fraction of sp³-hybridized carbons (Fsp3) is 0.480. The van der Waals surface area contributed by atoms with Gasteiger partial charge < -0.3 is 25.0 Å². The Morgan fingerprint density at radius 3 is 2.74 bits per heavy atom. The number of aromatic hydroxyl groups is 1. The molecule has 2 aromatic carbocycles. The lowest BCUT2D eigenvalue weighted by molar-refractivity contribution is -0.143. The Kier molecular flexibility index (Phi) is 9.36. The number of aliphatic hydroxyl groups excluding tert-OH is 1. The van der Waals surface area contributed by atoms with Crippen molar-refractivity contribution in [2.24, 2.45) is 0 Å². The fourth-order valence-corrected chi connectivity index (χ4v) is 4.62. The number of anilines is 1. The third kappa shape index (κ3) is 8.72. The van der Waals surface area contributed by atoms with E-state index in [0.717, 1.165) is 31.1 Å². The minimum absolute atomic E-state index is 0.0113. The van der Waals surface area contributed by atoms with Crippen LogP contribution in [0.15, 0.2) is 36.4 Å². The van der Waals surface area contributed by atoms with Crippen molar-refractivity contribution < 1.29 is 32.9 Å². The number of ether oxygens (including phenoxy) is 2. The van der Waals surface area contributed by atoms with Gasteiger partial charge in [-0.1, -0.05) is 18.2 Å². The zero-order chi connectivity index (χ0) is 25.4. The minimum Gasteiger partial charge on any atom is -0.506 e. The number of hydrogen-bond acceptors (Lipinski definition) is 8. The second kappa shape index (κ2) is 12.2. The molecule has 4 N–H and O–H groups in total. The molecule has 1 aliphatic carbocycles. The van der Waals surface area contributed by atoms with E-state index in [2.05, 4.69) is 28.2 Å². The van der Waals surface area contributed by atoms with Gasteiger partial charge in [0.15, 0.2) is 0 Å². The Morgan fingerprint density at radius 1 is 1.20 bits per heavy atom. The van der Waals surface area contributed by atoms with Crippen LogP contribution in [0.3, 0.4) is 0 Å². The van der Waals surface area contributed by atoms with E-state index in [1.165, 1.54) is 29.3 Å². The highest BCUT2D eigenvalue weighted by molar-refractivity contribution is 7.92. The van der Waals surface area contributed by atoms with Crippen LogP contribution in [0.2, 0.25) is 0 Å². The number of fused-ring (bicyclic) bond motifs is 1. The van der Waals surface area contributed by atoms with E-state index < -0.39 is 16.1 Å². The number of rotatable bonds is 12. The summed E-state index contributed by atoms with van der Waals surface area (Å²) < 4.78 is 35.6. The molecule has 0 bridgehead atoms. The van der Waals surface area contributed by atoms with Gasteiger partial charge >= 0.3 is 5.97 Å². The molecule has 192 valence electrons. The molecule has 0 radical (unpaired) electrons. The van der Waals surface area contributed by atoms with Crippen molar-refractivity contribution in [3.8, 4) is 11.5 Å². The summed E-state index contributed by atoms with van der Waals surface area (Å²) in [5, 5.41) is 23.6. The van der Waals surface area contributed by atoms with Gasteiger partial charge in [-0.15, -0.1) is 0 Å². The third-order valence-corrected chi connectivity index (χ3v) is 6.36. The second-order valence-electron chi connectivity index (χ2n) is 8.77. The molecule has 0 spiro atoms. The summed E-state index contributed by atoms with van der Waals surface area (Å²) in [5.74, 6) is -0.0716. The number of carbonyl (C=O) groups excluding carboxylic acids is 1. The number of nitrogens with one attached hydrogen (secondary N) is 2. The molecule has 0 aliphatic heterocycles. The van der Waals surface area contributed by atoms with Crippen LogP contribution in [-0.2, 0) is 38.8 Å². The molecule has 10 heteroatoms. The molecule has 0 saturated carbocycles. The lowest BCUT2D eigenvalue weighted by atomic mass is 9.86. The number of aryl methyl sites for hydroxylation is 2. The molecule has 0 unspecified atom stereocenters. The van der Waals surface area contributed by atoms with Crippen LogP contribution in [0, 0.1) is 0 Å². The van der Waals surface area contributed by atoms with Gasteiger partial charge in [-0.05, 0) is 61.4 Å². The van der Waals surface area contributed by atoms with E-state index in [9.17, 15) is 23.4 Å². The summed E-state index contributed by atoms with van der Waals surface area (Å²) in [6, 6.07) is 10.8. The summed E-state index contributed by atoms with van der Waals surface area (Å²) in [7, 11) is -3.55. The van der Waals surface area contributed by atoms with Gasteiger partial charge in [-0.25, -0.2) is 8.42 Å². The molecule has 0 heterocycles. The van der Waals surface area contributed by atoms with Gasteiger partial charge in [0.1, 0.15) is 24.2 Å². The van der Waals surface area contributed by atoms with E-state index in [-0.39, 0.29) is 30.1 Å². The largest absolute Gasteiger partial charge is 0.506 e. The monoisotopic (exact) mass is 506 g/mol. The number of carbonyl (C=O) groups is 1. The molecule has 0 aromatic heterocycles. The van der Waals surface area contributed by atoms with Crippen LogP contribution < -0.4 is 14.8 Å². The third-order valence-electron chi connectivity index (χ3n) is 5.77. The van der Waals surface area contributed by atoms with Crippen LogP contribution in [0.4, 0.5) is 5.69 Å². The molecule has 2 aromatic rings. The molecule has 2 atom stereocenters. The summed E-state index contributed by atoms with van der Waals surface area (Å²) in [6.45, 7) is 2.55. The van der Waals surface area contributed by atoms with Gasteiger partial charge in [0.05, 0.1) is 18.6 Å². The topological polar surface area (TPSA) is 134 Å². The van der Waals surface area contributed by atoms with Crippen molar-refractivity contribution >= 4 is 21.7 Å². The predicted molar refractivity (Wildman–Crippen MR) is 133 cm³/mol. The molecule has 0 fully saturated rings. The Hall–Kier alpha value is -2.82. The van der Waals surface area contributed by atoms with Crippen molar-refractivity contribution in [1.82, 2.24) is 5.32 Å². The molecular formula is C25H34N2O7S. The first-order chi connectivity index (χ1) is 16.6. The van der Waals surface area contributed by atoms with Crippen molar-refractivity contribution in [3.05, 3.63) is 53.1 Å². The van der Waals surface area contributed by atoms with Crippen molar-refractivity contribution in [2.75, 3.05) is 30.7 Å². The van der Waals surface area contributed by atoms with Crippen molar-refractivity contribution in [2.45, 2.75) is 51.2 Å². The van der Waals surface area contributed by atoms with Crippen LogP contribution in [0.25, 0.3) is 0 Å². The van der Waals surface area contributed by atoms with Gasteiger partial charge in [0.25, 0.3) is 0 Å². The first-order valence-corrected chi connectivity index (χ1v) is 13.6. The lowest BCUT2D eigenvalue weighted by Crippen LogP contribution is -2.40. The highest BCUT2D eigenvalue weighted by Crippen LogP contribution is 2.29. The smallest absolute Gasteiger partial charge is 0.306 e. The molecule has 0 amide bonds. The van der Waals surface area contributed by atoms with Crippen LogP contribution in [0.5, 0.6) is 11.5 Å². The van der Waals surface area contributed by atoms with Gasteiger partial charge in [0, 0.05) is 25.1 Å². The summed E-state index contributed by atoms with van der Waals surface area (Å²) in [5.41, 5.74) is 3.71. The molecule has 3 rings (SSSR count). The summed E-state index contributed by atoms with van der Waals surface area (Å²) >= 11 is 0. The van der Waals surface area contributed by atoms with E-state index >= 15 is 0 Å². The van der Waals surface area contributed by atoms with E-state index in [1.807, 2.05) is 0 Å². The van der Waals surface area contributed by atoms with Crippen molar-refractivity contribution in [1.29, 1.82) is 0 Å². The number of esters is 1. The summed E-state index contributed by atoms with van der Waals surface area (Å²) in [4.78, 5) is 11.6. The fourth-order valence-electron chi connectivity index (χ4n) is 4.06. The van der Waals surface area contributed by atoms with Crippen molar-refractivity contribution in [3.63, 3.8) is 0 Å². The summed E-state index contributed by atoms with van der Waals surface area (Å²) in [6.07, 6.45) is 3.99. The maximum absolute atomic E-state index is 11.6. The molecule has 9 nitrogen and oxygen atoms in total. The Balaban J connectivity index is 1.47. The van der Waals surface area contributed by atoms with Crippen LogP contribution in [-0.4, -0.2) is 62.8 Å². The normalized spacial score (nSPS) is 16.3. The standard InChI is InChI=1S/C25H34N2O7S/c1-3-33-25(30)11-5-17-4-6-18-7-8-20(13-19(18)12-17)26-15-21(28)16-34-22-9-10-24(29)23(14-22)27-35(2,31)32/h4,6,9-10,12,14,20-21,26-29H,3,5,7-8,11,13,15-16H2,1-2H3/t20-,21-/m0/s1. The quantitative estimate of drug-likeness (QED) is 0.254. The Bertz CT molecular complexity index is 1120. The molecule has 1 aliphatic rings. The number of benzene rings is 2. The first kappa shape index (κ1) is 26.8. The average Bonchev–Trinajstić information content (AvgIpc) is 2.81. The predicted octanol–water partition coefficient (Wildman–Crippen LogP) is 2.15. The van der Waals surface area contributed by atoms with Gasteiger partial charge in [-0.3, -0.25) is 9.52 Å². The zero-order valence-corrected chi connectivity index (χ0v) is 20.9. The van der Waals surface area contributed by atoms with E-state index in [0.29, 0.717) is 31.7 Å². The maximum Gasteiger partial charge on any atom is 0.306 e.